The van der Waals surface area contributed by atoms with Gasteiger partial charge in [0.15, 0.2) is 0 Å². The maximum Gasteiger partial charge on any atom is 0.0852 e. The lowest BCUT2D eigenvalue weighted by molar-refractivity contribution is 1.10. The molecule has 0 fully saturated rings. The van der Waals surface area contributed by atoms with Crippen LogP contribution in [-0.4, -0.2) is 0 Å². The number of halogens is 4. The van der Waals surface area contributed by atoms with E-state index in [9.17, 15) is 0 Å². The average Bonchev–Trinajstić information content (AvgIpc) is 2.33. The largest absolute Gasteiger partial charge is 0.113 e. The van der Waals surface area contributed by atoms with Gasteiger partial charge in [0.05, 0.1) is 5.38 Å². The van der Waals surface area contributed by atoms with Crippen molar-refractivity contribution >= 4 is 50.7 Å². The third kappa shape index (κ3) is 3.28. The van der Waals surface area contributed by atoms with Crippen LogP contribution in [0.5, 0.6) is 0 Å². The minimum Gasteiger partial charge on any atom is -0.113 e. The normalized spacial score (nSPS) is 12.5. The van der Waals surface area contributed by atoms with Gasteiger partial charge in [-0.15, -0.1) is 11.6 Å². The first-order valence-corrected chi connectivity index (χ1v) is 7.74. The highest BCUT2D eigenvalue weighted by molar-refractivity contribution is 9.10. The van der Waals surface area contributed by atoms with E-state index >= 15 is 0 Å². The Bertz CT molecular complexity index is 623. The SMILES string of the molecule is Cc1cc(C(Cl)c2ccc(Cl)cc2Cl)c(C)cc1Br. The highest BCUT2D eigenvalue weighted by atomic mass is 79.9. The topological polar surface area (TPSA) is 0 Å². The zero-order valence-corrected chi connectivity index (χ0v) is 14.3. The van der Waals surface area contributed by atoms with Crippen molar-refractivity contribution in [1.82, 2.24) is 0 Å². The molecule has 0 radical (unpaired) electrons. The zero-order valence-electron chi connectivity index (χ0n) is 10.5. The van der Waals surface area contributed by atoms with Crippen molar-refractivity contribution in [1.29, 1.82) is 0 Å². The first kappa shape index (κ1) is 15.2. The second kappa shape index (κ2) is 6.05. The molecule has 2 aromatic rings. The van der Waals surface area contributed by atoms with Crippen LogP contribution in [0.3, 0.4) is 0 Å². The Morgan fingerprint density at radius 2 is 1.63 bits per heavy atom. The lowest BCUT2D eigenvalue weighted by atomic mass is 9.98. The molecular formula is C15H12BrCl3. The summed E-state index contributed by atoms with van der Waals surface area (Å²) in [7, 11) is 0. The number of hydrogen-bond acceptors (Lipinski definition) is 0. The first-order valence-electron chi connectivity index (χ1n) is 5.76. The maximum atomic E-state index is 6.58. The molecule has 1 unspecified atom stereocenters. The molecule has 0 saturated heterocycles. The summed E-state index contributed by atoms with van der Waals surface area (Å²) in [6, 6.07) is 9.55. The third-order valence-corrected chi connectivity index (χ3v) is 4.94. The fourth-order valence-electron chi connectivity index (χ4n) is 1.95. The van der Waals surface area contributed by atoms with Crippen molar-refractivity contribution < 1.29 is 0 Å². The summed E-state index contributed by atoms with van der Waals surface area (Å²) in [5.41, 5.74) is 4.21. The van der Waals surface area contributed by atoms with E-state index in [0.29, 0.717) is 10.0 Å². The Labute approximate surface area is 136 Å². The Hall–Kier alpha value is -0.210. The number of rotatable bonds is 2. The maximum absolute atomic E-state index is 6.58. The minimum absolute atomic E-state index is 0.281. The molecule has 0 aliphatic heterocycles. The van der Waals surface area contributed by atoms with Gasteiger partial charge in [-0.1, -0.05) is 51.3 Å². The van der Waals surface area contributed by atoms with Crippen LogP contribution < -0.4 is 0 Å². The summed E-state index contributed by atoms with van der Waals surface area (Å²) in [5.74, 6) is 0. The van der Waals surface area contributed by atoms with Crippen molar-refractivity contribution in [3.05, 3.63) is 67.1 Å². The van der Waals surface area contributed by atoms with Gasteiger partial charge in [-0.25, -0.2) is 0 Å². The minimum atomic E-state index is -0.281. The molecule has 0 spiro atoms. The molecule has 0 N–H and O–H groups in total. The fourth-order valence-corrected chi connectivity index (χ4v) is 3.41. The standard InChI is InChI=1S/C15H12BrCl3/c1-8-6-13(16)9(2)5-12(8)15(19)11-4-3-10(17)7-14(11)18/h3-7,15H,1-2H3. The molecule has 19 heavy (non-hydrogen) atoms. The van der Waals surface area contributed by atoms with E-state index in [1.165, 1.54) is 0 Å². The van der Waals surface area contributed by atoms with Crippen LogP contribution in [0.25, 0.3) is 0 Å². The predicted octanol–water partition coefficient (Wildman–Crippen LogP) is 6.70. The molecule has 0 amide bonds. The zero-order chi connectivity index (χ0) is 14.2. The van der Waals surface area contributed by atoms with E-state index in [0.717, 1.165) is 26.7 Å². The van der Waals surface area contributed by atoms with Crippen molar-refractivity contribution in [2.45, 2.75) is 19.2 Å². The van der Waals surface area contributed by atoms with Crippen LogP contribution in [0.15, 0.2) is 34.8 Å². The Morgan fingerprint density at radius 3 is 2.26 bits per heavy atom. The molecule has 0 aromatic heterocycles. The smallest absolute Gasteiger partial charge is 0.0852 e. The average molecular weight is 379 g/mol. The van der Waals surface area contributed by atoms with Crippen molar-refractivity contribution in [2.75, 3.05) is 0 Å². The second-order valence-electron chi connectivity index (χ2n) is 4.49. The monoisotopic (exact) mass is 376 g/mol. The predicted molar refractivity (Wildman–Crippen MR) is 87.8 cm³/mol. The van der Waals surface area contributed by atoms with E-state index in [4.69, 9.17) is 34.8 Å². The molecule has 0 saturated carbocycles. The van der Waals surface area contributed by atoms with Gasteiger partial charge in [-0.05, 0) is 54.3 Å². The number of hydrogen-bond donors (Lipinski definition) is 0. The molecule has 0 bridgehead atoms. The Kier molecular flexibility index (Phi) is 4.84. The highest BCUT2D eigenvalue weighted by Crippen LogP contribution is 2.37. The third-order valence-electron chi connectivity index (χ3n) is 3.06. The molecule has 2 rings (SSSR count). The van der Waals surface area contributed by atoms with Gasteiger partial charge < -0.3 is 0 Å². The lowest BCUT2D eigenvalue weighted by Crippen LogP contribution is -1.98. The molecule has 100 valence electrons. The molecular weight excluding hydrogens is 366 g/mol. The van der Waals surface area contributed by atoms with Crippen LogP contribution in [0, 0.1) is 13.8 Å². The number of alkyl halides is 1. The summed E-state index contributed by atoms with van der Waals surface area (Å²) < 4.78 is 1.08. The van der Waals surface area contributed by atoms with E-state index in [2.05, 4.69) is 28.1 Å². The summed E-state index contributed by atoms with van der Waals surface area (Å²) in [6.07, 6.45) is 0. The molecule has 1 atom stereocenters. The molecule has 0 heterocycles. The van der Waals surface area contributed by atoms with E-state index < -0.39 is 0 Å². The summed E-state index contributed by atoms with van der Waals surface area (Å²) in [5, 5.41) is 0.922. The van der Waals surface area contributed by atoms with E-state index in [1.54, 1.807) is 12.1 Å². The van der Waals surface area contributed by atoms with Crippen LogP contribution in [-0.2, 0) is 0 Å². The van der Waals surface area contributed by atoms with Gasteiger partial charge >= 0.3 is 0 Å². The quantitative estimate of drug-likeness (QED) is 0.510. The Balaban J connectivity index is 2.49. The second-order valence-corrected chi connectivity index (χ2v) is 6.62. The Morgan fingerprint density at radius 1 is 0.947 bits per heavy atom. The molecule has 0 aliphatic rings. The number of benzene rings is 2. The van der Waals surface area contributed by atoms with Gasteiger partial charge in [-0.3, -0.25) is 0 Å². The fraction of sp³-hybridized carbons (Fsp3) is 0.200. The van der Waals surface area contributed by atoms with Gasteiger partial charge in [-0.2, -0.15) is 0 Å². The van der Waals surface area contributed by atoms with Crippen LogP contribution in [0.4, 0.5) is 0 Å². The van der Waals surface area contributed by atoms with Crippen molar-refractivity contribution in [3.8, 4) is 0 Å². The molecule has 0 aliphatic carbocycles. The van der Waals surface area contributed by atoms with E-state index in [-0.39, 0.29) is 5.38 Å². The first-order chi connectivity index (χ1) is 8.90. The van der Waals surface area contributed by atoms with Crippen LogP contribution in [0.2, 0.25) is 10.0 Å². The van der Waals surface area contributed by atoms with Crippen LogP contribution in [0.1, 0.15) is 27.6 Å². The number of aryl methyl sites for hydroxylation is 2. The van der Waals surface area contributed by atoms with Crippen molar-refractivity contribution in [3.63, 3.8) is 0 Å². The lowest BCUT2D eigenvalue weighted by Gasteiger charge is -2.16. The van der Waals surface area contributed by atoms with Gasteiger partial charge in [0.1, 0.15) is 0 Å². The summed E-state index contributed by atoms with van der Waals surface area (Å²) in [6.45, 7) is 4.08. The summed E-state index contributed by atoms with van der Waals surface area (Å²) in [4.78, 5) is 0. The molecule has 2 aromatic carbocycles. The van der Waals surface area contributed by atoms with E-state index in [1.807, 2.05) is 19.9 Å². The molecule has 4 heteroatoms. The van der Waals surface area contributed by atoms with Gasteiger partial charge in [0, 0.05) is 14.5 Å². The molecule has 0 nitrogen and oxygen atoms in total. The van der Waals surface area contributed by atoms with Gasteiger partial charge in [0.25, 0.3) is 0 Å². The van der Waals surface area contributed by atoms with Crippen LogP contribution >= 0.6 is 50.7 Å². The summed E-state index contributed by atoms with van der Waals surface area (Å²) >= 11 is 22.2. The van der Waals surface area contributed by atoms with Crippen molar-refractivity contribution in [2.24, 2.45) is 0 Å². The van der Waals surface area contributed by atoms with Gasteiger partial charge in [0.2, 0.25) is 0 Å². The highest BCUT2D eigenvalue weighted by Gasteiger charge is 2.17.